The number of ether oxygens (including phenoxy) is 1. The smallest absolute Gasteiger partial charge is 0.326 e. The van der Waals surface area contributed by atoms with E-state index in [4.69, 9.17) is 4.74 Å². The minimum Gasteiger partial charge on any atom is -0.361 e. The third kappa shape index (κ3) is 7.36. The van der Waals surface area contributed by atoms with Crippen LogP contribution in [0.3, 0.4) is 0 Å². The van der Waals surface area contributed by atoms with Gasteiger partial charge in [0.25, 0.3) is 5.91 Å². The lowest BCUT2D eigenvalue weighted by atomic mass is 10.0. The van der Waals surface area contributed by atoms with E-state index in [0.29, 0.717) is 25.1 Å². The molecular formula is C29H33FN4O4Si. The molecule has 0 fully saturated rings. The number of carbonyl (C=O) groups excluding carboxylic acids is 3. The molecule has 3 aromatic rings. The summed E-state index contributed by atoms with van der Waals surface area (Å²) in [6.07, 6.45) is 2.15. The molecule has 0 bridgehead atoms. The van der Waals surface area contributed by atoms with Gasteiger partial charge in [-0.3, -0.25) is 14.6 Å². The Morgan fingerprint density at radius 3 is 2.62 bits per heavy atom. The van der Waals surface area contributed by atoms with Gasteiger partial charge in [0.1, 0.15) is 12.5 Å². The summed E-state index contributed by atoms with van der Waals surface area (Å²) in [5.74, 6) is -0.787. The number of carbonyl (C=O) groups is 3. The highest BCUT2D eigenvalue weighted by atomic mass is 28.3. The Kier molecular flexibility index (Phi) is 8.88. The van der Waals surface area contributed by atoms with Gasteiger partial charge in [0, 0.05) is 45.1 Å². The molecule has 204 valence electrons. The molecule has 4 amide bonds. The normalized spacial score (nSPS) is 13.6. The minimum atomic E-state index is -1.32. The molecule has 1 aliphatic heterocycles. The van der Waals surface area contributed by atoms with E-state index in [0.717, 1.165) is 33.3 Å². The van der Waals surface area contributed by atoms with E-state index >= 15 is 0 Å². The molecule has 1 atom stereocenters. The van der Waals surface area contributed by atoms with Crippen LogP contribution >= 0.6 is 0 Å². The van der Waals surface area contributed by atoms with Crippen LogP contribution in [0.15, 0.2) is 66.9 Å². The van der Waals surface area contributed by atoms with Gasteiger partial charge < -0.3 is 15.0 Å². The van der Waals surface area contributed by atoms with Crippen LogP contribution in [-0.2, 0) is 16.1 Å². The lowest BCUT2D eigenvalue weighted by molar-refractivity contribution is -0.119. The fourth-order valence-corrected chi connectivity index (χ4v) is 5.02. The molecule has 0 radical (unpaired) electrons. The third-order valence-electron chi connectivity index (χ3n) is 6.54. The summed E-state index contributed by atoms with van der Waals surface area (Å²) >= 11 is 0. The summed E-state index contributed by atoms with van der Waals surface area (Å²) in [4.78, 5) is 44.7. The molecule has 1 N–H and O–H groups in total. The van der Waals surface area contributed by atoms with E-state index in [1.165, 1.54) is 12.1 Å². The average molecular weight is 549 g/mol. The largest absolute Gasteiger partial charge is 0.361 e. The summed E-state index contributed by atoms with van der Waals surface area (Å²) in [5, 5.41) is 2.89. The van der Waals surface area contributed by atoms with Crippen molar-refractivity contribution < 1.29 is 23.5 Å². The fraction of sp³-hybridized carbons (Fsp3) is 0.310. The van der Waals surface area contributed by atoms with Crippen molar-refractivity contribution >= 4 is 26.4 Å². The summed E-state index contributed by atoms with van der Waals surface area (Å²) in [6.45, 7) is 7.38. The van der Waals surface area contributed by atoms with Crippen molar-refractivity contribution in [2.45, 2.75) is 38.3 Å². The molecule has 10 heteroatoms. The Labute approximate surface area is 228 Å². The average Bonchev–Trinajstić information content (AvgIpc) is 3.22. The highest BCUT2D eigenvalue weighted by molar-refractivity contribution is 6.76. The quantitative estimate of drug-likeness (QED) is 0.156. The van der Waals surface area contributed by atoms with Gasteiger partial charge in [0.05, 0.1) is 11.7 Å². The van der Waals surface area contributed by atoms with Crippen LogP contribution in [-0.4, -0.2) is 61.1 Å². The van der Waals surface area contributed by atoms with Crippen molar-refractivity contribution in [3.8, 4) is 11.3 Å². The maximum absolute atomic E-state index is 13.8. The number of hydrogen-bond donors (Lipinski definition) is 1. The molecule has 2 aromatic carbocycles. The van der Waals surface area contributed by atoms with Gasteiger partial charge in [0.2, 0.25) is 6.41 Å². The van der Waals surface area contributed by atoms with Crippen LogP contribution in [0, 0.1) is 5.82 Å². The molecule has 0 aliphatic carbocycles. The van der Waals surface area contributed by atoms with E-state index in [1.807, 2.05) is 42.5 Å². The second-order valence-corrected chi connectivity index (χ2v) is 16.4. The molecule has 1 aromatic heterocycles. The van der Waals surface area contributed by atoms with Crippen molar-refractivity contribution in [2.75, 3.05) is 19.9 Å². The topological polar surface area (TPSA) is 91.8 Å². The Morgan fingerprint density at radius 1 is 1.18 bits per heavy atom. The molecule has 8 nitrogen and oxygen atoms in total. The van der Waals surface area contributed by atoms with Gasteiger partial charge in [-0.05, 0) is 41.4 Å². The van der Waals surface area contributed by atoms with Crippen LogP contribution in [0.4, 0.5) is 9.18 Å². The zero-order valence-electron chi connectivity index (χ0n) is 22.4. The van der Waals surface area contributed by atoms with Gasteiger partial charge in [-0.1, -0.05) is 56.0 Å². The maximum Gasteiger partial charge on any atom is 0.326 e. The van der Waals surface area contributed by atoms with Crippen molar-refractivity contribution in [1.82, 2.24) is 20.1 Å². The number of hydrogen-bond acceptors (Lipinski definition) is 5. The van der Waals surface area contributed by atoms with Gasteiger partial charge in [-0.2, -0.15) is 0 Å². The first-order chi connectivity index (χ1) is 18.6. The molecule has 0 spiro atoms. The van der Waals surface area contributed by atoms with E-state index in [1.54, 1.807) is 17.2 Å². The Hall–Kier alpha value is -3.89. The second kappa shape index (κ2) is 12.3. The van der Waals surface area contributed by atoms with Crippen molar-refractivity contribution in [1.29, 1.82) is 0 Å². The number of fused-ring (bicyclic) bond motifs is 1. The Balaban J connectivity index is 1.51. The fourth-order valence-electron chi connectivity index (χ4n) is 4.27. The summed E-state index contributed by atoms with van der Waals surface area (Å²) in [6, 6.07) is 16.9. The number of halogens is 1. The number of amides is 4. The number of rotatable bonds is 11. The highest BCUT2D eigenvalue weighted by Crippen LogP contribution is 2.27. The molecule has 39 heavy (non-hydrogen) atoms. The number of imide groups is 1. The van der Waals surface area contributed by atoms with Crippen molar-refractivity contribution in [3.63, 3.8) is 0 Å². The summed E-state index contributed by atoms with van der Waals surface area (Å²) < 4.78 is 19.4. The molecule has 0 unspecified atom stereocenters. The zero-order valence-corrected chi connectivity index (χ0v) is 23.4. The van der Waals surface area contributed by atoms with Crippen LogP contribution < -0.4 is 5.32 Å². The van der Waals surface area contributed by atoms with E-state index < -0.39 is 26.0 Å². The van der Waals surface area contributed by atoms with Gasteiger partial charge in [0.15, 0.2) is 0 Å². The monoisotopic (exact) mass is 548 g/mol. The molecule has 4 rings (SSSR count). The van der Waals surface area contributed by atoms with Gasteiger partial charge in [-0.15, -0.1) is 0 Å². The van der Waals surface area contributed by atoms with Crippen molar-refractivity contribution in [3.05, 3.63) is 89.4 Å². The number of nitrogens with one attached hydrogen (secondary N) is 1. The van der Waals surface area contributed by atoms with Crippen LogP contribution in [0.2, 0.25) is 25.7 Å². The minimum absolute atomic E-state index is 0.132. The molecule has 2 heterocycles. The van der Waals surface area contributed by atoms with E-state index in [2.05, 4.69) is 29.9 Å². The Morgan fingerprint density at radius 2 is 1.95 bits per heavy atom. The summed E-state index contributed by atoms with van der Waals surface area (Å²) in [7, 11) is -1.32. The van der Waals surface area contributed by atoms with Crippen LogP contribution in [0.25, 0.3) is 11.3 Å². The highest BCUT2D eigenvalue weighted by Gasteiger charge is 2.31. The number of nitrogens with zero attached hydrogens (tertiary/aromatic N) is 3. The van der Waals surface area contributed by atoms with E-state index in [9.17, 15) is 18.8 Å². The van der Waals surface area contributed by atoms with E-state index in [-0.39, 0.29) is 19.2 Å². The number of urea groups is 1. The lowest BCUT2D eigenvalue weighted by Gasteiger charge is -2.27. The predicted octanol–water partition coefficient (Wildman–Crippen LogP) is 5.07. The molecule has 0 saturated heterocycles. The number of benzene rings is 2. The number of aromatic nitrogens is 1. The first-order valence-electron chi connectivity index (χ1n) is 12.8. The van der Waals surface area contributed by atoms with Crippen LogP contribution in [0.1, 0.15) is 27.5 Å². The maximum atomic E-state index is 13.8. The Bertz CT molecular complexity index is 1320. The first kappa shape index (κ1) is 28.1. The van der Waals surface area contributed by atoms with Gasteiger partial charge >= 0.3 is 6.03 Å². The van der Waals surface area contributed by atoms with Gasteiger partial charge in [-0.25, -0.2) is 14.1 Å². The molecule has 0 saturated carbocycles. The first-order valence-corrected chi connectivity index (χ1v) is 16.5. The standard InChI is InChI=1S/C29H33FN4O4Si/c1-39(2,3)15-14-38-20-34(19-35)29(37)32-27(18-33-17-23-11-12-24(30)16-25(23)28(33)36)22-9-7-21(8-10-22)26-6-4-5-13-31-26/h4-13,16,19,27H,14-15,17-18,20H2,1-3H3,(H,32,37)/t27-/m0/s1. The predicted molar refractivity (Wildman–Crippen MR) is 149 cm³/mol. The zero-order chi connectivity index (χ0) is 28.0. The molecular weight excluding hydrogens is 515 g/mol. The third-order valence-corrected chi connectivity index (χ3v) is 8.24. The van der Waals surface area contributed by atoms with Crippen molar-refractivity contribution in [2.24, 2.45) is 0 Å². The number of pyridine rings is 1. The summed E-state index contributed by atoms with van der Waals surface area (Å²) in [5.41, 5.74) is 3.48. The van der Waals surface area contributed by atoms with Crippen LogP contribution in [0.5, 0.6) is 0 Å². The molecule has 1 aliphatic rings. The SMILES string of the molecule is C[Si](C)(C)CCOCN(C=O)C(=O)N[C@@H](CN1Cc2ccc(F)cc2C1=O)c1ccc(-c2ccccn2)cc1. The lowest BCUT2D eigenvalue weighted by Crippen LogP contribution is -2.45. The second-order valence-electron chi connectivity index (χ2n) is 10.7.